The van der Waals surface area contributed by atoms with Crippen molar-refractivity contribution in [3.05, 3.63) is 40.1 Å². The molecule has 0 amide bonds. The summed E-state index contributed by atoms with van der Waals surface area (Å²) in [4.78, 5) is 1.33. The van der Waals surface area contributed by atoms with Gasteiger partial charge >= 0.3 is 0 Å². The molecule has 2 aromatic rings. The van der Waals surface area contributed by atoms with E-state index in [9.17, 15) is 0 Å². The summed E-state index contributed by atoms with van der Waals surface area (Å²) in [6.07, 6.45) is 0. The van der Waals surface area contributed by atoms with Crippen LogP contribution in [0, 0.1) is 6.92 Å². The smallest absolute Gasteiger partial charge is 0.0355 e. The van der Waals surface area contributed by atoms with E-state index < -0.39 is 0 Å². The molecule has 0 aliphatic carbocycles. The van der Waals surface area contributed by atoms with Gasteiger partial charge in [-0.05, 0) is 47.0 Å². The van der Waals surface area contributed by atoms with E-state index in [1.54, 1.807) is 11.3 Å². The van der Waals surface area contributed by atoms with Gasteiger partial charge in [0, 0.05) is 10.6 Å². The number of hydrogen-bond acceptors (Lipinski definition) is 2. The Labute approximate surface area is 101 Å². The molecule has 1 aromatic carbocycles. The molecule has 2 rings (SSSR count). The zero-order valence-corrected chi connectivity index (χ0v) is 10.8. The summed E-state index contributed by atoms with van der Waals surface area (Å²) < 4.78 is 0. The van der Waals surface area contributed by atoms with E-state index >= 15 is 0 Å². The molecular weight excluding hydrogens is 214 g/mol. The maximum Gasteiger partial charge on any atom is 0.0355 e. The summed E-state index contributed by atoms with van der Waals surface area (Å²) >= 11 is 1.77. The van der Waals surface area contributed by atoms with Crippen molar-refractivity contribution in [3.8, 4) is 11.1 Å². The number of thiophene rings is 1. The third-order valence-electron chi connectivity index (χ3n) is 2.77. The van der Waals surface area contributed by atoms with Gasteiger partial charge in [-0.15, -0.1) is 11.3 Å². The molecule has 0 aliphatic rings. The Bertz CT molecular complexity index is 497. The van der Waals surface area contributed by atoms with E-state index in [0.717, 1.165) is 5.69 Å². The van der Waals surface area contributed by atoms with Gasteiger partial charge in [-0.1, -0.05) is 26.0 Å². The predicted molar refractivity (Wildman–Crippen MR) is 73.0 cm³/mol. The van der Waals surface area contributed by atoms with Crippen LogP contribution < -0.4 is 5.73 Å². The molecule has 1 nitrogen and oxygen atoms in total. The van der Waals surface area contributed by atoms with Crippen LogP contribution in [-0.2, 0) is 0 Å². The molecule has 84 valence electrons. The summed E-state index contributed by atoms with van der Waals surface area (Å²) in [7, 11) is 0. The van der Waals surface area contributed by atoms with Crippen LogP contribution in [0.15, 0.2) is 29.6 Å². The van der Waals surface area contributed by atoms with Gasteiger partial charge in [0.05, 0.1) is 0 Å². The van der Waals surface area contributed by atoms with Crippen LogP contribution >= 0.6 is 11.3 Å². The van der Waals surface area contributed by atoms with Gasteiger partial charge in [0.25, 0.3) is 0 Å². The van der Waals surface area contributed by atoms with Crippen LogP contribution in [0.5, 0.6) is 0 Å². The molecule has 1 aromatic heterocycles. The van der Waals surface area contributed by atoms with Gasteiger partial charge in [-0.3, -0.25) is 0 Å². The highest BCUT2D eigenvalue weighted by Crippen LogP contribution is 2.30. The number of nitrogen functional groups attached to an aromatic ring is 1. The Balaban J connectivity index is 2.42. The van der Waals surface area contributed by atoms with Crippen LogP contribution in [0.3, 0.4) is 0 Å². The minimum Gasteiger partial charge on any atom is -0.398 e. The van der Waals surface area contributed by atoms with Crippen LogP contribution in [-0.4, -0.2) is 0 Å². The highest BCUT2D eigenvalue weighted by molar-refractivity contribution is 7.10. The highest BCUT2D eigenvalue weighted by Gasteiger charge is 2.06. The van der Waals surface area contributed by atoms with Crippen molar-refractivity contribution in [1.29, 1.82) is 0 Å². The molecule has 16 heavy (non-hydrogen) atoms. The topological polar surface area (TPSA) is 26.0 Å². The molecular formula is C14H17NS. The molecule has 0 bridgehead atoms. The molecule has 0 atom stereocenters. The monoisotopic (exact) mass is 231 g/mol. The van der Waals surface area contributed by atoms with Crippen molar-refractivity contribution in [3.63, 3.8) is 0 Å². The first kappa shape index (κ1) is 11.2. The Morgan fingerprint density at radius 3 is 2.38 bits per heavy atom. The van der Waals surface area contributed by atoms with E-state index in [4.69, 9.17) is 5.73 Å². The van der Waals surface area contributed by atoms with Gasteiger partial charge in [-0.25, -0.2) is 0 Å². The largest absolute Gasteiger partial charge is 0.398 e. The number of hydrogen-bond donors (Lipinski definition) is 1. The molecule has 0 aliphatic heterocycles. The first-order valence-electron chi connectivity index (χ1n) is 5.53. The summed E-state index contributed by atoms with van der Waals surface area (Å²) in [5.41, 5.74) is 10.7. The minimum atomic E-state index is 0.485. The molecule has 0 unspecified atom stereocenters. The number of nitrogens with two attached hydrogens (primary N) is 1. The third-order valence-corrected chi connectivity index (χ3v) is 3.63. The average Bonchev–Trinajstić information content (AvgIpc) is 2.64. The van der Waals surface area contributed by atoms with E-state index in [0.29, 0.717) is 5.92 Å². The van der Waals surface area contributed by atoms with Crippen LogP contribution in [0.25, 0.3) is 11.1 Å². The SMILES string of the molecule is Cc1cc(-c2ccc(C(C)C)c(N)c2)cs1. The van der Waals surface area contributed by atoms with Crippen molar-refractivity contribution >= 4 is 17.0 Å². The summed E-state index contributed by atoms with van der Waals surface area (Å²) in [6, 6.07) is 8.58. The fraction of sp³-hybridized carbons (Fsp3) is 0.286. The first-order chi connectivity index (χ1) is 7.58. The number of rotatable bonds is 2. The Hall–Kier alpha value is -1.28. The number of benzene rings is 1. The van der Waals surface area contributed by atoms with Crippen molar-refractivity contribution in [2.45, 2.75) is 26.7 Å². The Morgan fingerprint density at radius 1 is 1.12 bits per heavy atom. The lowest BCUT2D eigenvalue weighted by molar-refractivity contribution is 0.870. The Kier molecular flexibility index (Phi) is 3.01. The van der Waals surface area contributed by atoms with Gasteiger partial charge < -0.3 is 5.73 Å². The predicted octanol–water partition coefficient (Wildman–Crippen LogP) is 4.43. The number of aryl methyl sites for hydroxylation is 1. The molecule has 1 heterocycles. The molecule has 0 saturated heterocycles. The molecule has 0 spiro atoms. The van der Waals surface area contributed by atoms with E-state index in [-0.39, 0.29) is 0 Å². The van der Waals surface area contributed by atoms with E-state index in [2.05, 4.69) is 50.4 Å². The summed E-state index contributed by atoms with van der Waals surface area (Å²) in [5.74, 6) is 0.485. The normalized spacial score (nSPS) is 11.0. The maximum absolute atomic E-state index is 6.07. The van der Waals surface area contributed by atoms with Crippen molar-refractivity contribution in [2.75, 3.05) is 5.73 Å². The Morgan fingerprint density at radius 2 is 1.88 bits per heavy atom. The summed E-state index contributed by atoms with van der Waals surface area (Å²) in [6.45, 7) is 6.46. The fourth-order valence-corrected chi connectivity index (χ4v) is 2.59. The van der Waals surface area contributed by atoms with E-state index in [1.807, 2.05) is 0 Å². The van der Waals surface area contributed by atoms with Crippen LogP contribution in [0.4, 0.5) is 5.69 Å². The van der Waals surface area contributed by atoms with Gasteiger partial charge in [0.1, 0.15) is 0 Å². The lowest BCUT2D eigenvalue weighted by Crippen LogP contribution is -1.96. The lowest BCUT2D eigenvalue weighted by atomic mass is 9.98. The van der Waals surface area contributed by atoms with Crippen molar-refractivity contribution in [2.24, 2.45) is 0 Å². The maximum atomic E-state index is 6.07. The molecule has 2 N–H and O–H groups in total. The zero-order chi connectivity index (χ0) is 11.7. The second kappa shape index (κ2) is 4.30. The highest BCUT2D eigenvalue weighted by atomic mass is 32.1. The number of anilines is 1. The molecule has 0 radical (unpaired) electrons. The van der Waals surface area contributed by atoms with Crippen LogP contribution in [0.1, 0.15) is 30.2 Å². The minimum absolute atomic E-state index is 0.485. The second-order valence-electron chi connectivity index (χ2n) is 4.44. The van der Waals surface area contributed by atoms with Gasteiger partial charge in [0.2, 0.25) is 0 Å². The standard InChI is InChI=1S/C14H17NS/c1-9(2)13-5-4-11(7-14(13)15)12-6-10(3)16-8-12/h4-9H,15H2,1-3H3. The quantitative estimate of drug-likeness (QED) is 0.760. The fourth-order valence-electron chi connectivity index (χ4n) is 1.87. The molecule has 2 heteroatoms. The molecule has 0 fully saturated rings. The lowest BCUT2D eigenvalue weighted by Gasteiger charge is -2.10. The van der Waals surface area contributed by atoms with Crippen LogP contribution in [0.2, 0.25) is 0 Å². The van der Waals surface area contributed by atoms with Gasteiger partial charge in [0.15, 0.2) is 0 Å². The van der Waals surface area contributed by atoms with Crippen molar-refractivity contribution < 1.29 is 0 Å². The van der Waals surface area contributed by atoms with Gasteiger partial charge in [-0.2, -0.15) is 0 Å². The third kappa shape index (κ3) is 2.12. The summed E-state index contributed by atoms with van der Waals surface area (Å²) in [5, 5.41) is 2.18. The van der Waals surface area contributed by atoms with E-state index in [1.165, 1.54) is 21.6 Å². The second-order valence-corrected chi connectivity index (χ2v) is 5.56. The molecule has 0 saturated carbocycles. The first-order valence-corrected chi connectivity index (χ1v) is 6.41. The van der Waals surface area contributed by atoms with Crippen molar-refractivity contribution in [1.82, 2.24) is 0 Å². The zero-order valence-electron chi connectivity index (χ0n) is 9.95. The average molecular weight is 231 g/mol.